The summed E-state index contributed by atoms with van der Waals surface area (Å²) in [4.78, 5) is 0. The van der Waals surface area contributed by atoms with Crippen LogP contribution in [0.5, 0.6) is 0 Å². The Morgan fingerprint density at radius 3 is 2.29 bits per heavy atom. The van der Waals surface area contributed by atoms with Gasteiger partial charge in [-0.25, -0.2) is 0 Å². The summed E-state index contributed by atoms with van der Waals surface area (Å²) in [6.07, 6.45) is -4.04. The molecular weight excluding hydrogens is 286 g/mol. The first-order valence-corrected chi connectivity index (χ1v) is 6.67. The summed E-state index contributed by atoms with van der Waals surface area (Å²) < 4.78 is 20.4. The van der Waals surface area contributed by atoms with Crippen LogP contribution in [0.25, 0.3) is 0 Å². The molecule has 9 nitrogen and oxygen atoms in total. The number of hydrogen-bond acceptors (Lipinski definition) is 9. The Labute approximate surface area is 122 Å². The maximum absolute atomic E-state index is 9.59. The number of rotatable bonds is 10. The van der Waals surface area contributed by atoms with E-state index in [0.29, 0.717) is 26.4 Å². The van der Waals surface area contributed by atoms with E-state index >= 15 is 0 Å². The maximum atomic E-state index is 9.59. The Bertz CT molecular complexity index is 324. The van der Waals surface area contributed by atoms with Gasteiger partial charge in [-0.2, -0.15) is 0 Å². The molecule has 1 aliphatic rings. The Morgan fingerprint density at radius 1 is 1.05 bits per heavy atom. The van der Waals surface area contributed by atoms with Crippen molar-refractivity contribution in [2.45, 2.75) is 18.3 Å². The Kier molecular flexibility index (Phi) is 8.35. The quantitative estimate of drug-likeness (QED) is 0.285. The summed E-state index contributed by atoms with van der Waals surface area (Å²) in [6, 6.07) is 0. The highest BCUT2D eigenvalue weighted by atomic mass is 16.7. The van der Waals surface area contributed by atoms with E-state index in [1.807, 2.05) is 0 Å². The molecule has 0 spiro atoms. The van der Waals surface area contributed by atoms with Crippen molar-refractivity contribution < 1.29 is 39.4 Å². The highest BCUT2D eigenvalue weighted by molar-refractivity contribution is 5.08. The second-order valence-corrected chi connectivity index (χ2v) is 4.31. The van der Waals surface area contributed by atoms with Crippen molar-refractivity contribution >= 4 is 0 Å². The van der Waals surface area contributed by atoms with Gasteiger partial charge in [0.25, 0.3) is 0 Å². The lowest BCUT2D eigenvalue weighted by molar-refractivity contribution is -0.150. The highest BCUT2D eigenvalue weighted by Crippen LogP contribution is 2.23. The minimum absolute atomic E-state index is 0.0667. The predicted octanol–water partition coefficient (Wildman–Crippen LogP) is -2.17. The molecule has 0 aromatic heterocycles. The normalized spacial score (nSPS) is 25.8. The van der Waals surface area contributed by atoms with Crippen LogP contribution in [-0.2, 0) is 18.9 Å². The zero-order valence-corrected chi connectivity index (χ0v) is 11.7. The lowest BCUT2D eigenvalue weighted by Crippen LogP contribution is -2.46. The van der Waals surface area contributed by atoms with Crippen molar-refractivity contribution in [3.05, 3.63) is 11.7 Å². The SMILES string of the molecule is NCCOCCOCCOC1=C(O)C(O)[C@H](O)C(CO)O1. The van der Waals surface area contributed by atoms with Crippen LogP contribution in [-0.4, -0.2) is 84.9 Å². The van der Waals surface area contributed by atoms with E-state index < -0.39 is 30.7 Å². The summed E-state index contributed by atoms with van der Waals surface area (Å²) in [5.74, 6) is -0.937. The maximum Gasteiger partial charge on any atom is 0.322 e. The molecule has 1 rings (SSSR count). The van der Waals surface area contributed by atoms with Gasteiger partial charge in [0.1, 0.15) is 18.8 Å². The average Bonchev–Trinajstić information content (AvgIpc) is 2.49. The van der Waals surface area contributed by atoms with Crippen LogP contribution < -0.4 is 5.73 Å². The van der Waals surface area contributed by atoms with Gasteiger partial charge in [0.15, 0.2) is 6.10 Å². The van der Waals surface area contributed by atoms with Crippen LogP contribution in [0.2, 0.25) is 0 Å². The molecule has 0 radical (unpaired) electrons. The number of nitrogens with two attached hydrogens (primary N) is 1. The Hall–Kier alpha value is -1.10. The van der Waals surface area contributed by atoms with Gasteiger partial charge in [0, 0.05) is 6.54 Å². The van der Waals surface area contributed by atoms with Crippen LogP contribution >= 0.6 is 0 Å². The monoisotopic (exact) mass is 309 g/mol. The van der Waals surface area contributed by atoms with Gasteiger partial charge in [0.2, 0.25) is 5.76 Å². The molecule has 1 heterocycles. The van der Waals surface area contributed by atoms with Gasteiger partial charge in [-0.15, -0.1) is 0 Å². The zero-order valence-electron chi connectivity index (χ0n) is 11.7. The first kappa shape index (κ1) is 18.0. The molecule has 0 aliphatic carbocycles. The smallest absolute Gasteiger partial charge is 0.322 e. The molecule has 124 valence electrons. The Morgan fingerprint density at radius 2 is 1.67 bits per heavy atom. The number of ether oxygens (including phenoxy) is 4. The fourth-order valence-corrected chi connectivity index (χ4v) is 1.61. The average molecular weight is 309 g/mol. The summed E-state index contributed by atoms with van der Waals surface area (Å²) >= 11 is 0. The van der Waals surface area contributed by atoms with Crippen molar-refractivity contribution in [3.63, 3.8) is 0 Å². The van der Waals surface area contributed by atoms with Crippen molar-refractivity contribution in [2.75, 3.05) is 46.2 Å². The third kappa shape index (κ3) is 5.65. The van der Waals surface area contributed by atoms with E-state index in [2.05, 4.69) is 0 Å². The van der Waals surface area contributed by atoms with Gasteiger partial charge in [-0.3, -0.25) is 0 Å². The minimum atomic E-state index is -1.56. The van der Waals surface area contributed by atoms with Gasteiger partial charge in [0.05, 0.1) is 33.0 Å². The fraction of sp³-hybridized carbons (Fsp3) is 0.833. The van der Waals surface area contributed by atoms with Gasteiger partial charge < -0.3 is 45.1 Å². The molecule has 3 atom stereocenters. The molecule has 0 bridgehead atoms. The molecule has 0 amide bonds. The van der Waals surface area contributed by atoms with Crippen LogP contribution in [0.4, 0.5) is 0 Å². The summed E-state index contributed by atoms with van der Waals surface area (Å²) in [7, 11) is 0. The molecule has 1 aliphatic heterocycles. The third-order valence-corrected chi connectivity index (χ3v) is 2.73. The zero-order chi connectivity index (χ0) is 15.7. The minimum Gasteiger partial charge on any atom is -0.504 e. The predicted molar refractivity (Wildman–Crippen MR) is 70.3 cm³/mol. The molecule has 0 fully saturated rings. The van der Waals surface area contributed by atoms with Crippen LogP contribution in [0, 0.1) is 0 Å². The third-order valence-electron chi connectivity index (χ3n) is 2.73. The van der Waals surface area contributed by atoms with E-state index in [1.165, 1.54) is 0 Å². The first-order valence-electron chi connectivity index (χ1n) is 6.67. The largest absolute Gasteiger partial charge is 0.504 e. The lowest BCUT2D eigenvalue weighted by Gasteiger charge is -2.31. The molecule has 2 unspecified atom stereocenters. The lowest BCUT2D eigenvalue weighted by atomic mass is 10.1. The number of aliphatic hydroxyl groups is 4. The molecular formula is C12H23NO8. The molecule has 21 heavy (non-hydrogen) atoms. The molecule has 0 aromatic rings. The number of aliphatic hydroxyl groups excluding tert-OH is 4. The highest BCUT2D eigenvalue weighted by Gasteiger charge is 2.39. The summed E-state index contributed by atoms with van der Waals surface area (Å²) in [6.45, 7) is 1.47. The van der Waals surface area contributed by atoms with Crippen molar-refractivity contribution in [1.29, 1.82) is 0 Å². The van der Waals surface area contributed by atoms with Crippen molar-refractivity contribution in [1.82, 2.24) is 0 Å². The van der Waals surface area contributed by atoms with E-state index in [0.717, 1.165) is 0 Å². The van der Waals surface area contributed by atoms with Crippen LogP contribution in [0.15, 0.2) is 11.7 Å². The standard InChI is InChI=1S/C12H23NO8/c13-1-2-18-3-4-19-5-6-20-12-11(17)10(16)9(15)8(7-14)21-12/h8-10,14-17H,1-7,13H2/t8?,9-,10?/m1/s1. The van der Waals surface area contributed by atoms with E-state index in [4.69, 9.17) is 29.8 Å². The molecule has 0 aromatic carbocycles. The molecule has 6 N–H and O–H groups in total. The van der Waals surface area contributed by atoms with E-state index in [-0.39, 0.29) is 19.2 Å². The Balaban J connectivity index is 2.24. The van der Waals surface area contributed by atoms with Crippen molar-refractivity contribution in [2.24, 2.45) is 5.73 Å². The molecule has 0 saturated heterocycles. The molecule has 9 heteroatoms. The molecule has 0 saturated carbocycles. The van der Waals surface area contributed by atoms with Gasteiger partial charge in [-0.1, -0.05) is 0 Å². The summed E-state index contributed by atoms with van der Waals surface area (Å²) in [5, 5.41) is 37.6. The van der Waals surface area contributed by atoms with Crippen molar-refractivity contribution in [3.8, 4) is 0 Å². The number of hydrogen-bond donors (Lipinski definition) is 5. The van der Waals surface area contributed by atoms with Gasteiger partial charge in [-0.05, 0) is 0 Å². The van der Waals surface area contributed by atoms with E-state index in [1.54, 1.807) is 0 Å². The second kappa shape index (κ2) is 9.77. The van der Waals surface area contributed by atoms with Crippen LogP contribution in [0.1, 0.15) is 0 Å². The van der Waals surface area contributed by atoms with E-state index in [9.17, 15) is 15.3 Å². The van der Waals surface area contributed by atoms with Gasteiger partial charge >= 0.3 is 5.95 Å². The fourth-order valence-electron chi connectivity index (χ4n) is 1.61. The first-order chi connectivity index (χ1) is 10.1. The second-order valence-electron chi connectivity index (χ2n) is 4.31. The topological polar surface area (TPSA) is 144 Å². The summed E-state index contributed by atoms with van der Waals surface area (Å²) in [5.41, 5.74) is 5.25. The van der Waals surface area contributed by atoms with Crippen LogP contribution in [0.3, 0.4) is 0 Å².